The monoisotopic (exact) mass is 223 g/mol. The summed E-state index contributed by atoms with van der Waals surface area (Å²) in [5.74, 6) is 1.71. The van der Waals surface area contributed by atoms with E-state index in [4.69, 9.17) is 0 Å². The summed E-state index contributed by atoms with van der Waals surface area (Å²) in [7, 11) is 1.82. The number of nitrogens with one attached hydrogen (secondary N) is 2. The first-order valence-electron chi connectivity index (χ1n) is 5.29. The van der Waals surface area contributed by atoms with Crippen molar-refractivity contribution < 1.29 is 0 Å². The molecule has 0 aromatic carbocycles. The van der Waals surface area contributed by atoms with Crippen LogP contribution in [-0.4, -0.2) is 19.0 Å². The van der Waals surface area contributed by atoms with E-state index < -0.39 is 0 Å². The van der Waals surface area contributed by atoms with Gasteiger partial charge in [-0.05, 0) is 23.8 Å². The third kappa shape index (κ3) is 2.96. The van der Waals surface area contributed by atoms with Crippen LogP contribution >= 0.6 is 11.3 Å². The second-order valence-electron chi connectivity index (χ2n) is 3.97. The molecule has 0 aliphatic heterocycles. The van der Waals surface area contributed by atoms with Crippen molar-refractivity contribution in [2.45, 2.75) is 25.9 Å². The first kappa shape index (κ1) is 10.5. The van der Waals surface area contributed by atoms with Crippen LogP contribution in [0.3, 0.4) is 0 Å². The van der Waals surface area contributed by atoms with Gasteiger partial charge in [-0.2, -0.15) is 0 Å². The van der Waals surface area contributed by atoms with Gasteiger partial charge >= 0.3 is 0 Å². The fourth-order valence-corrected chi connectivity index (χ4v) is 2.12. The summed E-state index contributed by atoms with van der Waals surface area (Å²) in [4.78, 5) is 5.54. The summed E-state index contributed by atoms with van der Waals surface area (Å²) in [6.07, 6.45) is 1.26. The van der Waals surface area contributed by atoms with Gasteiger partial charge in [0.1, 0.15) is 0 Å². The molecule has 1 aromatic rings. The van der Waals surface area contributed by atoms with E-state index >= 15 is 0 Å². The van der Waals surface area contributed by atoms with Crippen molar-refractivity contribution in [2.24, 2.45) is 10.9 Å². The maximum atomic E-state index is 4.20. The lowest BCUT2D eigenvalue weighted by atomic mass is 10.4. The van der Waals surface area contributed by atoms with Crippen molar-refractivity contribution in [1.29, 1.82) is 0 Å². The number of thiophene rings is 1. The molecule has 1 saturated carbocycles. The maximum Gasteiger partial charge on any atom is 0.191 e. The lowest BCUT2D eigenvalue weighted by molar-refractivity contribution is 0.766. The van der Waals surface area contributed by atoms with E-state index in [1.165, 1.54) is 11.3 Å². The van der Waals surface area contributed by atoms with Gasteiger partial charge in [0, 0.05) is 18.0 Å². The third-order valence-corrected chi connectivity index (χ3v) is 3.54. The zero-order chi connectivity index (χ0) is 10.7. The Morgan fingerprint density at radius 2 is 2.47 bits per heavy atom. The van der Waals surface area contributed by atoms with Gasteiger partial charge in [-0.15, -0.1) is 11.3 Å². The van der Waals surface area contributed by atoms with Gasteiger partial charge in [-0.1, -0.05) is 13.0 Å². The summed E-state index contributed by atoms with van der Waals surface area (Å²) >= 11 is 1.77. The van der Waals surface area contributed by atoms with Crippen LogP contribution in [0.1, 0.15) is 18.2 Å². The fourth-order valence-electron chi connectivity index (χ4n) is 1.48. The van der Waals surface area contributed by atoms with Crippen LogP contribution in [0.25, 0.3) is 0 Å². The van der Waals surface area contributed by atoms with E-state index in [2.05, 4.69) is 40.1 Å². The molecule has 1 heterocycles. The van der Waals surface area contributed by atoms with E-state index in [1.807, 2.05) is 7.05 Å². The van der Waals surface area contributed by atoms with Crippen LogP contribution in [0.2, 0.25) is 0 Å². The standard InChI is InChI=1S/C11H17N3S/c1-8-6-10(8)14-11(12-2)13-7-9-4-3-5-15-9/h3-5,8,10H,6-7H2,1-2H3,(H2,12,13,14). The fraction of sp³-hybridized carbons (Fsp3) is 0.545. The van der Waals surface area contributed by atoms with Crippen LogP contribution in [0.5, 0.6) is 0 Å². The molecular formula is C11H17N3S. The van der Waals surface area contributed by atoms with E-state index in [9.17, 15) is 0 Å². The Hall–Kier alpha value is -1.03. The number of hydrogen-bond acceptors (Lipinski definition) is 2. The molecule has 15 heavy (non-hydrogen) atoms. The van der Waals surface area contributed by atoms with Crippen molar-refractivity contribution in [3.05, 3.63) is 22.4 Å². The van der Waals surface area contributed by atoms with Crippen LogP contribution in [0.15, 0.2) is 22.5 Å². The van der Waals surface area contributed by atoms with Gasteiger partial charge in [-0.25, -0.2) is 0 Å². The van der Waals surface area contributed by atoms with Crippen LogP contribution in [0, 0.1) is 5.92 Å². The molecule has 82 valence electrons. The Balaban J connectivity index is 1.76. The van der Waals surface area contributed by atoms with Gasteiger partial charge < -0.3 is 10.6 Å². The molecule has 0 spiro atoms. The van der Waals surface area contributed by atoms with Crippen molar-refractivity contribution in [3.8, 4) is 0 Å². The quantitative estimate of drug-likeness (QED) is 0.606. The molecule has 1 aliphatic rings. The minimum absolute atomic E-state index is 0.625. The average molecular weight is 223 g/mol. The van der Waals surface area contributed by atoms with Crippen molar-refractivity contribution >= 4 is 17.3 Å². The first-order chi connectivity index (χ1) is 7.29. The number of rotatable bonds is 3. The molecule has 0 saturated heterocycles. The van der Waals surface area contributed by atoms with Crippen LogP contribution < -0.4 is 10.6 Å². The molecule has 1 aromatic heterocycles. The molecule has 0 bridgehead atoms. The maximum absolute atomic E-state index is 4.20. The Labute approximate surface area is 94.6 Å². The predicted octanol–water partition coefficient (Wildman–Crippen LogP) is 1.82. The summed E-state index contributed by atoms with van der Waals surface area (Å²) in [6.45, 7) is 3.11. The molecule has 2 N–H and O–H groups in total. The summed E-state index contributed by atoms with van der Waals surface area (Å²) < 4.78 is 0. The van der Waals surface area contributed by atoms with E-state index in [1.54, 1.807) is 11.3 Å². The Morgan fingerprint density at radius 3 is 3.00 bits per heavy atom. The van der Waals surface area contributed by atoms with Crippen molar-refractivity contribution in [1.82, 2.24) is 10.6 Å². The van der Waals surface area contributed by atoms with Gasteiger partial charge in [0.2, 0.25) is 0 Å². The lowest BCUT2D eigenvalue weighted by Crippen LogP contribution is -2.38. The second-order valence-corrected chi connectivity index (χ2v) is 5.00. The zero-order valence-electron chi connectivity index (χ0n) is 9.16. The van der Waals surface area contributed by atoms with Gasteiger partial charge in [-0.3, -0.25) is 4.99 Å². The summed E-state index contributed by atoms with van der Waals surface area (Å²) in [6, 6.07) is 4.82. The third-order valence-electron chi connectivity index (χ3n) is 2.67. The highest BCUT2D eigenvalue weighted by Gasteiger charge is 2.33. The first-order valence-corrected chi connectivity index (χ1v) is 6.17. The summed E-state index contributed by atoms with van der Waals surface area (Å²) in [5, 5.41) is 8.80. The number of hydrogen-bond donors (Lipinski definition) is 2. The highest BCUT2D eigenvalue weighted by atomic mass is 32.1. The minimum Gasteiger partial charge on any atom is -0.353 e. The summed E-state index contributed by atoms with van der Waals surface area (Å²) in [5.41, 5.74) is 0. The molecule has 4 heteroatoms. The SMILES string of the molecule is CN=C(NCc1cccs1)NC1CC1C. The predicted molar refractivity (Wildman–Crippen MR) is 65.2 cm³/mol. The van der Waals surface area contributed by atoms with Gasteiger partial charge in [0.05, 0.1) is 6.54 Å². The lowest BCUT2D eigenvalue weighted by Gasteiger charge is -2.10. The van der Waals surface area contributed by atoms with Gasteiger partial charge in [0.25, 0.3) is 0 Å². The Kier molecular flexibility index (Phi) is 3.26. The number of aliphatic imine (C=N–C) groups is 1. The van der Waals surface area contributed by atoms with E-state index in [0.29, 0.717) is 6.04 Å². The molecule has 0 radical (unpaired) electrons. The highest BCUT2D eigenvalue weighted by molar-refractivity contribution is 7.09. The number of nitrogens with zero attached hydrogens (tertiary/aromatic N) is 1. The normalized spacial score (nSPS) is 25.1. The molecular weight excluding hydrogens is 206 g/mol. The molecule has 2 atom stereocenters. The topological polar surface area (TPSA) is 36.4 Å². The van der Waals surface area contributed by atoms with E-state index in [0.717, 1.165) is 18.4 Å². The van der Waals surface area contributed by atoms with Crippen LogP contribution in [-0.2, 0) is 6.54 Å². The van der Waals surface area contributed by atoms with Gasteiger partial charge in [0.15, 0.2) is 5.96 Å². The van der Waals surface area contributed by atoms with Crippen molar-refractivity contribution in [2.75, 3.05) is 7.05 Å². The average Bonchev–Trinajstić information content (AvgIpc) is 2.74. The van der Waals surface area contributed by atoms with E-state index in [-0.39, 0.29) is 0 Å². The molecule has 2 unspecified atom stereocenters. The number of guanidine groups is 1. The molecule has 1 aliphatic carbocycles. The molecule has 0 amide bonds. The largest absolute Gasteiger partial charge is 0.353 e. The second kappa shape index (κ2) is 4.66. The molecule has 1 fully saturated rings. The highest BCUT2D eigenvalue weighted by Crippen LogP contribution is 2.28. The molecule has 3 nitrogen and oxygen atoms in total. The molecule has 2 rings (SSSR count). The van der Waals surface area contributed by atoms with Crippen molar-refractivity contribution in [3.63, 3.8) is 0 Å². The Bertz CT molecular complexity index is 332. The minimum atomic E-state index is 0.625. The zero-order valence-corrected chi connectivity index (χ0v) is 9.97. The van der Waals surface area contributed by atoms with Crippen LogP contribution in [0.4, 0.5) is 0 Å². The Morgan fingerprint density at radius 1 is 1.67 bits per heavy atom. The smallest absolute Gasteiger partial charge is 0.191 e.